The number of benzene rings is 2. The van der Waals surface area contributed by atoms with E-state index in [2.05, 4.69) is 10.3 Å². The van der Waals surface area contributed by atoms with Crippen molar-refractivity contribution in [2.75, 3.05) is 17.7 Å². The first-order valence-electron chi connectivity index (χ1n) is 7.79. The third-order valence-electron chi connectivity index (χ3n) is 3.84. The van der Waals surface area contributed by atoms with Gasteiger partial charge in [0.1, 0.15) is 5.82 Å². The van der Waals surface area contributed by atoms with Crippen molar-refractivity contribution in [3.63, 3.8) is 0 Å². The zero-order valence-electron chi connectivity index (χ0n) is 13.3. The molecule has 2 N–H and O–H groups in total. The van der Waals surface area contributed by atoms with E-state index in [-0.39, 0.29) is 23.8 Å². The molecule has 0 saturated heterocycles. The lowest BCUT2D eigenvalue weighted by atomic mass is 10.2. The van der Waals surface area contributed by atoms with Crippen LogP contribution in [0.15, 0.2) is 53.6 Å². The molecule has 0 amide bonds. The van der Waals surface area contributed by atoms with Gasteiger partial charge in [-0.3, -0.25) is 9.36 Å². The molecule has 0 aliphatic carbocycles. The highest BCUT2D eigenvalue weighted by Gasteiger charge is 2.08. The fraction of sp³-hybridized carbons (Fsp3) is 0.222. The fourth-order valence-electron chi connectivity index (χ4n) is 2.48. The molecule has 5 nitrogen and oxygen atoms in total. The van der Waals surface area contributed by atoms with Crippen molar-refractivity contribution in [2.24, 2.45) is 0 Å². The number of nitrogens with one attached hydrogen (secondary N) is 1. The van der Waals surface area contributed by atoms with Gasteiger partial charge in [0.05, 0.1) is 35.8 Å². The number of aliphatic hydroxyl groups excluding tert-OH is 1. The Kier molecular flexibility index (Phi) is 5.31. The normalized spacial score (nSPS) is 12.3. The largest absolute Gasteiger partial charge is 0.390 e. The Balaban J connectivity index is 1.88. The molecule has 130 valence electrons. The average Bonchev–Trinajstić information content (AvgIpc) is 2.63. The van der Waals surface area contributed by atoms with Crippen LogP contribution in [0.1, 0.15) is 5.56 Å². The number of rotatable bonds is 6. The highest BCUT2D eigenvalue weighted by Crippen LogP contribution is 2.15. The van der Waals surface area contributed by atoms with Gasteiger partial charge in [-0.15, -0.1) is 11.6 Å². The van der Waals surface area contributed by atoms with Crippen LogP contribution in [-0.2, 0) is 6.54 Å². The Labute approximate surface area is 148 Å². The van der Waals surface area contributed by atoms with Crippen molar-refractivity contribution in [2.45, 2.75) is 12.6 Å². The Morgan fingerprint density at radius 1 is 1.28 bits per heavy atom. The standard InChI is InChI=1S/C18H17ClFN3O2/c19-8-14(24)9-21-13-5-6-15-17(7-13)22-11-23(18(15)25)10-12-3-1-2-4-16(12)20/h1-7,11,14,21,24H,8-10H2. The van der Waals surface area contributed by atoms with Crippen LogP contribution in [0.3, 0.4) is 0 Å². The fourth-order valence-corrected chi connectivity index (χ4v) is 2.59. The molecule has 1 heterocycles. The van der Waals surface area contributed by atoms with Crippen LogP contribution in [0.25, 0.3) is 10.9 Å². The Bertz CT molecular complexity index is 945. The minimum absolute atomic E-state index is 0.121. The van der Waals surface area contributed by atoms with Gasteiger partial charge in [-0.25, -0.2) is 9.37 Å². The first-order valence-corrected chi connectivity index (χ1v) is 8.32. The first-order chi connectivity index (χ1) is 12.1. The quantitative estimate of drug-likeness (QED) is 0.662. The predicted octanol–water partition coefficient (Wildman–Crippen LogP) is 2.60. The van der Waals surface area contributed by atoms with Gasteiger partial charge < -0.3 is 10.4 Å². The van der Waals surface area contributed by atoms with Gasteiger partial charge in [-0.2, -0.15) is 0 Å². The minimum Gasteiger partial charge on any atom is -0.390 e. The molecule has 2 aromatic carbocycles. The third kappa shape index (κ3) is 3.97. The summed E-state index contributed by atoms with van der Waals surface area (Å²) >= 11 is 5.56. The molecule has 3 rings (SSSR count). The maximum Gasteiger partial charge on any atom is 0.261 e. The summed E-state index contributed by atoms with van der Waals surface area (Å²) in [5, 5.41) is 13.0. The number of fused-ring (bicyclic) bond motifs is 1. The number of anilines is 1. The zero-order chi connectivity index (χ0) is 17.8. The number of hydrogen-bond donors (Lipinski definition) is 2. The second-order valence-corrected chi connectivity index (χ2v) is 6.00. The Hall–Kier alpha value is -2.44. The minimum atomic E-state index is -0.654. The lowest BCUT2D eigenvalue weighted by Gasteiger charge is -2.11. The molecule has 7 heteroatoms. The van der Waals surface area contributed by atoms with E-state index < -0.39 is 6.10 Å². The first kappa shape index (κ1) is 17.4. The Morgan fingerprint density at radius 2 is 2.08 bits per heavy atom. The molecule has 0 radical (unpaired) electrons. The van der Waals surface area contributed by atoms with Crippen LogP contribution in [-0.4, -0.2) is 33.2 Å². The van der Waals surface area contributed by atoms with Crippen LogP contribution >= 0.6 is 11.6 Å². The van der Waals surface area contributed by atoms with E-state index in [9.17, 15) is 14.3 Å². The zero-order valence-corrected chi connectivity index (χ0v) is 14.1. The van der Waals surface area contributed by atoms with E-state index in [1.165, 1.54) is 17.0 Å². The molecule has 1 unspecified atom stereocenters. The summed E-state index contributed by atoms with van der Waals surface area (Å²) < 4.78 is 15.2. The average molecular weight is 362 g/mol. The van der Waals surface area contributed by atoms with E-state index in [0.717, 1.165) is 5.69 Å². The summed E-state index contributed by atoms with van der Waals surface area (Å²) in [6.45, 7) is 0.426. The maximum atomic E-state index is 13.8. The van der Waals surface area contributed by atoms with E-state index >= 15 is 0 Å². The summed E-state index contributed by atoms with van der Waals surface area (Å²) in [4.78, 5) is 16.9. The highest BCUT2D eigenvalue weighted by atomic mass is 35.5. The lowest BCUT2D eigenvalue weighted by Crippen LogP contribution is -2.22. The molecule has 0 bridgehead atoms. The summed E-state index contributed by atoms with van der Waals surface area (Å²) in [7, 11) is 0. The second kappa shape index (κ2) is 7.63. The summed E-state index contributed by atoms with van der Waals surface area (Å²) in [6.07, 6.45) is 0.758. The highest BCUT2D eigenvalue weighted by molar-refractivity contribution is 6.18. The van der Waals surface area contributed by atoms with Crippen LogP contribution in [0, 0.1) is 5.82 Å². The van der Waals surface area contributed by atoms with Crippen molar-refractivity contribution in [1.82, 2.24) is 9.55 Å². The molecular formula is C18H17ClFN3O2. The van der Waals surface area contributed by atoms with Gasteiger partial charge in [0.2, 0.25) is 0 Å². The van der Waals surface area contributed by atoms with Crippen LogP contribution in [0.2, 0.25) is 0 Å². The second-order valence-electron chi connectivity index (χ2n) is 5.69. The smallest absolute Gasteiger partial charge is 0.261 e. The number of alkyl halides is 1. The SMILES string of the molecule is O=c1c2ccc(NCC(O)CCl)cc2ncn1Cc1ccccc1F. The van der Waals surface area contributed by atoms with Gasteiger partial charge in [-0.05, 0) is 24.3 Å². The van der Waals surface area contributed by atoms with E-state index in [1.54, 1.807) is 36.4 Å². The molecule has 0 aliphatic rings. The van der Waals surface area contributed by atoms with Crippen LogP contribution in [0.5, 0.6) is 0 Å². The predicted molar refractivity (Wildman–Crippen MR) is 96.7 cm³/mol. The lowest BCUT2D eigenvalue weighted by molar-refractivity contribution is 0.211. The van der Waals surface area contributed by atoms with Crippen molar-refractivity contribution in [1.29, 1.82) is 0 Å². The van der Waals surface area contributed by atoms with Crippen LogP contribution in [0.4, 0.5) is 10.1 Å². The molecule has 1 aromatic heterocycles. The number of aliphatic hydroxyl groups is 1. The van der Waals surface area contributed by atoms with E-state index in [0.29, 0.717) is 23.0 Å². The number of aromatic nitrogens is 2. The van der Waals surface area contributed by atoms with Gasteiger partial charge in [0, 0.05) is 17.8 Å². The molecule has 3 aromatic rings. The summed E-state index contributed by atoms with van der Waals surface area (Å²) in [5.41, 5.74) is 1.45. The van der Waals surface area contributed by atoms with Gasteiger partial charge in [0.25, 0.3) is 5.56 Å². The van der Waals surface area contributed by atoms with E-state index in [4.69, 9.17) is 11.6 Å². The Morgan fingerprint density at radius 3 is 2.84 bits per heavy atom. The van der Waals surface area contributed by atoms with Crippen molar-refractivity contribution >= 4 is 28.2 Å². The monoisotopic (exact) mass is 361 g/mol. The van der Waals surface area contributed by atoms with Gasteiger partial charge in [-0.1, -0.05) is 18.2 Å². The molecule has 0 aliphatic heterocycles. The number of halogens is 2. The summed E-state index contributed by atoms with van der Waals surface area (Å²) in [5.74, 6) is -0.216. The topological polar surface area (TPSA) is 67.2 Å². The number of nitrogens with zero attached hydrogens (tertiary/aromatic N) is 2. The number of hydrogen-bond acceptors (Lipinski definition) is 4. The van der Waals surface area contributed by atoms with Crippen molar-refractivity contribution in [3.8, 4) is 0 Å². The third-order valence-corrected chi connectivity index (χ3v) is 4.20. The van der Waals surface area contributed by atoms with Crippen LogP contribution < -0.4 is 10.9 Å². The molecule has 25 heavy (non-hydrogen) atoms. The van der Waals surface area contributed by atoms with E-state index in [1.807, 2.05) is 0 Å². The molecule has 1 atom stereocenters. The molecule has 0 saturated carbocycles. The summed E-state index contributed by atoms with van der Waals surface area (Å²) in [6, 6.07) is 11.5. The molecule has 0 spiro atoms. The molecular weight excluding hydrogens is 345 g/mol. The van der Waals surface area contributed by atoms with Gasteiger partial charge in [0.15, 0.2) is 0 Å². The van der Waals surface area contributed by atoms with Crippen molar-refractivity contribution < 1.29 is 9.50 Å². The van der Waals surface area contributed by atoms with Gasteiger partial charge >= 0.3 is 0 Å². The maximum absolute atomic E-state index is 13.8. The van der Waals surface area contributed by atoms with Crippen molar-refractivity contribution in [3.05, 3.63) is 70.5 Å². The molecule has 0 fully saturated rings.